The number of benzene rings is 2. The van der Waals surface area contributed by atoms with E-state index in [9.17, 15) is 4.79 Å². The molecule has 2 rings (SSSR count). The van der Waals surface area contributed by atoms with Gasteiger partial charge in [0.1, 0.15) is 11.5 Å². The van der Waals surface area contributed by atoms with Crippen LogP contribution in [0.3, 0.4) is 0 Å². The summed E-state index contributed by atoms with van der Waals surface area (Å²) in [6.45, 7) is 6.21. The summed E-state index contributed by atoms with van der Waals surface area (Å²) in [6, 6.07) is 13.5. The summed E-state index contributed by atoms with van der Waals surface area (Å²) < 4.78 is 10.7. The van der Waals surface area contributed by atoms with Crippen LogP contribution in [0.15, 0.2) is 42.5 Å². The molecule has 0 spiro atoms. The van der Waals surface area contributed by atoms with Crippen LogP contribution in [0.25, 0.3) is 0 Å². The number of hydrogen-bond donors (Lipinski definition) is 1. The SMILES string of the molecule is CCC(NC(=O)COc1cccc(OC)c1)c1ccc(C)c(C)c1. The molecule has 2 aromatic carbocycles. The summed E-state index contributed by atoms with van der Waals surface area (Å²) in [6.07, 6.45) is 0.827. The number of carbonyl (C=O) groups is 1. The van der Waals surface area contributed by atoms with Gasteiger partial charge in [0, 0.05) is 6.07 Å². The fraction of sp³-hybridized carbons (Fsp3) is 0.350. The van der Waals surface area contributed by atoms with Gasteiger partial charge < -0.3 is 14.8 Å². The number of amides is 1. The summed E-state index contributed by atoms with van der Waals surface area (Å²) in [4.78, 5) is 12.2. The number of methoxy groups -OCH3 is 1. The first kappa shape index (κ1) is 17.9. The van der Waals surface area contributed by atoms with Gasteiger partial charge in [-0.3, -0.25) is 4.79 Å². The second kappa shape index (κ2) is 8.39. The van der Waals surface area contributed by atoms with E-state index in [1.807, 2.05) is 12.1 Å². The second-order valence-electron chi connectivity index (χ2n) is 5.84. The monoisotopic (exact) mass is 327 g/mol. The van der Waals surface area contributed by atoms with Crippen molar-refractivity contribution in [1.82, 2.24) is 5.32 Å². The first-order chi connectivity index (χ1) is 11.5. The topological polar surface area (TPSA) is 47.6 Å². The van der Waals surface area contributed by atoms with Crippen LogP contribution in [0.2, 0.25) is 0 Å². The van der Waals surface area contributed by atoms with Crippen molar-refractivity contribution >= 4 is 5.91 Å². The Balaban J connectivity index is 1.95. The smallest absolute Gasteiger partial charge is 0.258 e. The van der Waals surface area contributed by atoms with E-state index in [0.29, 0.717) is 11.5 Å². The molecular weight excluding hydrogens is 302 g/mol. The molecule has 0 fully saturated rings. The Labute approximate surface area is 143 Å². The number of hydrogen-bond acceptors (Lipinski definition) is 3. The predicted molar refractivity (Wildman–Crippen MR) is 95.6 cm³/mol. The lowest BCUT2D eigenvalue weighted by Crippen LogP contribution is -2.32. The molecule has 4 nitrogen and oxygen atoms in total. The molecule has 1 N–H and O–H groups in total. The standard InChI is InChI=1S/C20H25NO3/c1-5-19(16-10-9-14(2)15(3)11-16)21-20(22)13-24-18-8-6-7-17(12-18)23-4/h6-12,19H,5,13H2,1-4H3,(H,21,22). The van der Waals surface area contributed by atoms with Gasteiger partial charge in [0.15, 0.2) is 6.61 Å². The van der Waals surface area contributed by atoms with Gasteiger partial charge in [-0.2, -0.15) is 0 Å². The molecule has 128 valence electrons. The zero-order valence-electron chi connectivity index (χ0n) is 14.8. The molecule has 1 atom stereocenters. The van der Waals surface area contributed by atoms with E-state index in [1.54, 1.807) is 19.2 Å². The highest BCUT2D eigenvalue weighted by Gasteiger charge is 2.14. The quantitative estimate of drug-likeness (QED) is 0.837. The Hall–Kier alpha value is -2.49. The molecule has 0 aromatic heterocycles. The van der Waals surface area contributed by atoms with Gasteiger partial charge in [0.05, 0.1) is 13.2 Å². The maximum Gasteiger partial charge on any atom is 0.258 e. The van der Waals surface area contributed by atoms with Gasteiger partial charge >= 0.3 is 0 Å². The number of ether oxygens (including phenoxy) is 2. The summed E-state index contributed by atoms with van der Waals surface area (Å²) in [5, 5.41) is 3.03. The summed E-state index contributed by atoms with van der Waals surface area (Å²) in [5.74, 6) is 1.18. The Morgan fingerprint density at radius 2 is 1.83 bits per heavy atom. The Kier molecular flexibility index (Phi) is 6.24. The average Bonchev–Trinajstić information content (AvgIpc) is 2.60. The fourth-order valence-electron chi connectivity index (χ4n) is 2.48. The van der Waals surface area contributed by atoms with E-state index < -0.39 is 0 Å². The fourth-order valence-corrected chi connectivity index (χ4v) is 2.48. The molecule has 0 saturated carbocycles. The summed E-state index contributed by atoms with van der Waals surface area (Å²) >= 11 is 0. The first-order valence-electron chi connectivity index (χ1n) is 8.16. The van der Waals surface area contributed by atoms with Crippen LogP contribution in [0.5, 0.6) is 11.5 Å². The second-order valence-corrected chi connectivity index (χ2v) is 5.84. The van der Waals surface area contributed by atoms with Crippen LogP contribution < -0.4 is 14.8 Å². The molecule has 2 aromatic rings. The zero-order chi connectivity index (χ0) is 17.5. The molecule has 0 bridgehead atoms. The van der Waals surface area contributed by atoms with Crippen LogP contribution >= 0.6 is 0 Å². The molecule has 0 radical (unpaired) electrons. The van der Waals surface area contributed by atoms with E-state index >= 15 is 0 Å². The van der Waals surface area contributed by atoms with Crippen LogP contribution in [-0.4, -0.2) is 19.6 Å². The Bertz CT molecular complexity index is 697. The van der Waals surface area contributed by atoms with Gasteiger partial charge in [-0.05, 0) is 49.1 Å². The van der Waals surface area contributed by atoms with Crippen molar-refractivity contribution < 1.29 is 14.3 Å². The number of rotatable bonds is 7. The predicted octanol–water partition coefficient (Wildman–Crippen LogP) is 3.96. The highest BCUT2D eigenvalue weighted by Crippen LogP contribution is 2.21. The minimum Gasteiger partial charge on any atom is -0.497 e. The third kappa shape index (κ3) is 4.75. The van der Waals surface area contributed by atoms with Gasteiger partial charge in [-0.15, -0.1) is 0 Å². The number of nitrogens with one attached hydrogen (secondary N) is 1. The van der Waals surface area contributed by atoms with Crippen molar-refractivity contribution in [1.29, 1.82) is 0 Å². The normalized spacial score (nSPS) is 11.7. The molecule has 0 aliphatic carbocycles. The lowest BCUT2D eigenvalue weighted by atomic mass is 9.99. The molecule has 0 saturated heterocycles. The minimum atomic E-state index is -0.136. The molecule has 1 unspecified atom stereocenters. The van der Waals surface area contributed by atoms with Crippen LogP contribution in [0, 0.1) is 13.8 Å². The lowest BCUT2D eigenvalue weighted by molar-refractivity contribution is -0.123. The number of aryl methyl sites for hydroxylation is 2. The van der Waals surface area contributed by atoms with E-state index in [-0.39, 0.29) is 18.6 Å². The van der Waals surface area contributed by atoms with Gasteiger partial charge in [0.25, 0.3) is 5.91 Å². The molecule has 1 amide bonds. The zero-order valence-corrected chi connectivity index (χ0v) is 14.8. The van der Waals surface area contributed by atoms with Crippen LogP contribution in [-0.2, 0) is 4.79 Å². The van der Waals surface area contributed by atoms with Crippen molar-refractivity contribution in [3.63, 3.8) is 0 Å². The molecular formula is C20H25NO3. The van der Waals surface area contributed by atoms with Crippen molar-refractivity contribution in [2.75, 3.05) is 13.7 Å². The van der Waals surface area contributed by atoms with E-state index in [1.165, 1.54) is 11.1 Å². The molecule has 4 heteroatoms. The molecule has 0 aliphatic rings. The van der Waals surface area contributed by atoms with Gasteiger partial charge in [-0.1, -0.05) is 31.2 Å². The Morgan fingerprint density at radius 1 is 1.08 bits per heavy atom. The van der Waals surface area contributed by atoms with Gasteiger partial charge in [0.2, 0.25) is 0 Å². The third-order valence-electron chi connectivity index (χ3n) is 4.09. The molecule has 24 heavy (non-hydrogen) atoms. The van der Waals surface area contributed by atoms with E-state index in [2.05, 4.69) is 44.3 Å². The van der Waals surface area contributed by atoms with Crippen molar-refractivity contribution in [3.8, 4) is 11.5 Å². The van der Waals surface area contributed by atoms with E-state index in [0.717, 1.165) is 12.0 Å². The molecule has 0 heterocycles. The Morgan fingerprint density at radius 3 is 2.50 bits per heavy atom. The first-order valence-corrected chi connectivity index (χ1v) is 8.16. The van der Waals surface area contributed by atoms with E-state index in [4.69, 9.17) is 9.47 Å². The maximum atomic E-state index is 12.2. The van der Waals surface area contributed by atoms with Crippen LogP contribution in [0.1, 0.15) is 36.1 Å². The summed E-state index contributed by atoms with van der Waals surface area (Å²) in [7, 11) is 1.60. The number of carbonyl (C=O) groups excluding carboxylic acids is 1. The average molecular weight is 327 g/mol. The van der Waals surface area contributed by atoms with Gasteiger partial charge in [-0.25, -0.2) is 0 Å². The van der Waals surface area contributed by atoms with Crippen LogP contribution in [0.4, 0.5) is 0 Å². The third-order valence-corrected chi connectivity index (χ3v) is 4.09. The lowest BCUT2D eigenvalue weighted by Gasteiger charge is -2.19. The van der Waals surface area contributed by atoms with Crippen molar-refractivity contribution in [2.24, 2.45) is 0 Å². The largest absolute Gasteiger partial charge is 0.497 e. The minimum absolute atomic E-state index is 0.00860. The highest BCUT2D eigenvalue weighted by atomic mass is 16.5. The maximum absolute atomic E-state index is 12.2. The summed E-state index contributed by atoms with van der Waals surface area (Å²) in [5.41, 5.74) is 3.60. The highest BCUT2D eigenvalue weighted by molar-refractivity contribution is 5.78. The van der Waals surface area contributed by atoms with Crippen molar-refractivity contribution in [3.05, 3.63) is 59.2 Å². The molecule has 0 aliphatic heterocycles. The van der Waals surface area contributed by atoms with Crippen molar-refractivity contribution in [2.45, 2.75) is 33.2 Å².